The monoisotopic (exact) mass is 247 g/mol. The van der Waals surface area contributed by atoms with Crippen molar-refractivity contribution in [3.05, 3.63) is 22.8 Å². The summed E-state index contributed by atoms with van der Waals surface area (Å²) >= 11 is 0. The van der Waals surface area contributed by atoms with Gasteiger partial charge in [0.2, 0.25) is 0 Å². The van der Waals surface area contributed by atoms with Gasteiger partial charge in [0.1, 0.15) is 5.82 Å². The summed E-state index contributed by atoms with van der Waals surface area (Å²) in [7, 11) is 4.13. The molecule has 1 aliphatic rings. The third kappa shape index (κ3) is 2.89. The summed E-state index contributed by atoms with van der Waals surface area (Å²) in [4.78, 5) is 11.7. The molecule has 2 rings (SSSR count). The van der Waals surface area contributed by atoms with Crippen LogP contribution in [0.25, 0.3) is 0 Å². The minimum Gasteiger partial charge on any atom is -0.302 e. The Labute approximate surface area is 111 Å². The fraction of sp³-hybridized carbons (Fsp3) is 0.733. The van der Waals surface area contributed by atoms with Crippen molar-refractivity contribution in [1.29, 1.82) is 0 Å². The Morgan fingerprint density at radius 1 is 1.22 bits per heavy atom. The van der Waals surface area contributed by atoms with Gasteiger partial charge in [-0.25, -0.2) is 9.97 Å². The van der Waals surface area contributed by atoms with Gasteiger partial charge in [0.05, 0.1) is 6.54 Å². The van der Waals surface area contributed by atoms with E-state index in [1.54, 1.807) is 0 Å². The summed E-state index contributed by atoms with van der Waals surface area (Å²) in [5.41, 5.74) is 4.41. The van der Waals surface area contributed by atoms with Crippen molar-refractivity contribution in [2.75, 3.05) is 14.1 Å². The van der Waals surface area contributed by atoms with Crippen molar-refractivity contribution in [2.24, 2.45) is 5.41 Å². The zero-order valence-electron chi connectivity index (χ0n) is 12.4. The Hall–Kier alpha value is -0.960. The number of aromatic nitrogens is 2. The van der Waals surface area contributed by atoms with Crippen LogP contribution in [0.1, 0.15) is 50.0 Å². The maximum atomic E-state index is 4.77. The lowest BCUT2D eigenvalue weighted by Gasteiger charge is -2.32. The Bertz CT molecular complexity index is 418. The van der Waals surface area contributed by atoms with Crippen LogP contribution in [0.4, 0.5) is 0 Å². The maximum absolute atomic E-state index is 4.77. The van der Waals surface area contributed by atoms with Gasteiger partial charge in [-0.15, -0.1) is 0 Å². The zero-order chi connectivity index (χ0) is 13.3. The summed E-state index contributed by atoms with van der Waals surface area (Å²) in [6.45, 7) is 7.74. The molecule has 0 unspecified atom stereocenters. The minimum atomic E-state index is 0.406. The Morgan fingerprint density at radius 3 is 2.56 bits per heavy atom. The zero-order valence-corrected chi connectivity index (χ0v) is 12.4. The van der Waals surface area contributed by atoms with Crippen LogP contribution >= 0.6 is 0 Å². The van der Waals surface area contributed by atoms with E-state index in [9.17, 15) is 0 Å². The van der Waals surface area contributed by atoms with E-state index in [1.165, 1.54) is 23.4 Å². The molecule has 0 radical (unpaired) electrons. The highest BCUT2D eigenvalue weighted by Gasteiger charge is 2.28. The molecule has 1 heterocycles. The van der Waals surface area contributed by atoms with Crippen molar-refractivity contribution in [3.8, 4) is 0 Å². The second-order valence-electron chi connectivity index (χ2n) is 6.44. The highest BCUT2D eigenvalue weighted by Crippen LogP contribution is 2.35. The van der Waals surface area contributed by atoms with Crippen LogP contribution in [0.2, 0.25) is 0 Å². The van der Waals surface area contributed by atoms with Crippen molar-refractivity contribution < 1.29 is 0 Å². The first-order valence-electron chi connectivity index (χ1n) is 6.93. The molecule has 0 saturated carbocycles. The van der Waals surface area contributed by atoms with Crippen molar-refractivity contribution in [2.45, 2.75) is 53.0 Å². The van der Waals surface area contributed by atoms with Crippen LogP contribution < -0.4 is 0 Å². The van der Waals surface area contributed by atoms with Gasteiger partial charge in [-0.2, -0.15) is 0 Å². The lowest BCUT2D eigenvalue weighted by molar-refractivity contribution is 0.308. The second-order valence-corrected chi connectivity index (χ2v) is 6.44. The summed E-state index contributed by atoms with van der Waals surface area (Å²) in [6, 6.07) is 0. The molecule has 3 nitrogen and oxygen atoms in total. The van der Waals surface area contributed by atoms with Crippen LogP contribution in [0, 0.1) is 5.41 Å². The van der Waals surface area contributed by atoms with Crippen LogP contribution in [-0.2, 0) is 25.8 Å². The average molecular weight is 247 g/mol. The van der Waals surface area contributed by atoms with Crippen LogP contribution in [0.3, 0.4) is 0 Å². The molecule has 1 aromatic rings. The topological polar surface area (TPSA) is 29.0 Å². The molecule has 0 atom stereocenters. The van der Waals surface area contributed by atoms with Crippen LogP contribution in [-0.4, -0.2) is 29.0 Å². The van der Waals surface area contributed by atoms with Gasteiger partial charge in [0, 0.05) is 11.4 Å². The van der Waals surface area contributed by atoms with Gasteiger partial charge in [-0.05, 0) is 50.8 Å². The van der Waals surface area contributed by atoms with Gasteiger partial charge in [-0.1, -0.05) is 20.8 Å². The molecular formula is C15H25N3. The Morgan fingerprint density at radius 2 is 1.94 bits per heavy atom. The molecule has 0 bridgehead atoms. The van der Waals surface area contributed by atoms with E-state index >= 15 is 0 Å². The predicted octanol–water partition coefficient (Wildman–Crippen LogP) is 2.62. The van der Waals surface area contributed by atoms with Gasteiger partial charge in [0.15, 0.2) is 0 Å². The Balaban J connectivity index is 2.38. The molecule has 0 aliphatic heterocycles. The van der Waals surface area contributed by atoms with E-state index in [0.29, 0.717) is 5.41 Å². The maximum Gasteiger partial charge on any atom is 0.142 e. The van der Waals surface area contributed by atoms with Crippen LogP contribution in [0.5, 0.6) is 0 Å². The first-order chi connectivity index (χ1) is 8.41. The lowest BCUT2D eigenvalue weighted by Crippen LogP contribution is -2.26. The quantitative estimate of drug-likeness (QED) is 0.822. The first-order valence-corrected chi connectivity index (χ1v) is 6.93. The predicted molar refractivity (Wildman–Crippen MR) is 74.6 cm³/mol. The molecule has 3 heteroatoms. The molecule has 0 amide bonds. The molecule has 0 fully saturated rings. The van der Waals surface area contributed by atoms with Crippen molar-refractivity contribution in [3.63, 3.8) is 0 Å². The first kappa shape index (κ1) is 13.5. The molecule has 0 aromatic carbocycles. The average Bonchev–Trinajstić information content (AvgIpc) is 2.27. The largest absolute Gasteiger partial charge is 0.302 e. The minimum absolute atomic E-state index is 0.406. The normalized spacial score (nSPS) is 17.9. The summed E-state index contributed by atoms with van der Waals surface area (Å²) in [5.74, 6) is 0.982. The SMILES string of the molecule is CCc1nc(CN(C)C)nc2c1CC(C)(C)CC2. The number of aryl methyl sites for hydroxylation is 2. The fourth-order valence-corrected chi connectivity index (χ4v) is 2.72. The molecule has 1 aliphatic carbocycles. The summed E-state index contributed by atoms with van der Waals surface area (Å²) in [6.07, 6.45) is 4.50. The highest BCUT2D eigenvalue weighted by atomic mass is 15.1. The van der Waals surface area contributed by atoms with Gasteiger partial charge in [-0.3, -0.25) is 0 Å². The van der Waals surface area contributed by atoms with Crippen molar-refractivity contribution >= 4 is 0 Å². The molecule has 0 N–H and O–H groups in total. The van der Waals surface area contributed by atoms with E-state index in [0.717, 1.165) is 31.6 Å². The van der Waals surface area contributed by atoms with E-state index in [1.807, 2.05) is 0 Å². The fourth-order valence-electron chi connectivity index (χ4n) is 2.72. The van der Waals surface area contributed by atoms with Gasteiger partial charge < -0.3 is 4.90 Å². The van der Waals surface area contributed by atoms with E-state index in [4.69, 9.17) is 9.97 Å². The highest BCUT2D eigenvalue weighted by molar-refractivity contribution is 5.30. The van der Waals surface area contributed by atoms with E-state index in [-0.39, 0.29) is 0 Å². The van der Waals surface area contributed by atoms with Gasteiger partial charge in [0.25, 0.3) is 0 Å². The number of rotatable bonds is 3. The molecule has 0 saturated heterocycles. The molecule has 100 valence electrons. The number of nitrogens with zero attached hydrogens (tertiary/aromatic N) is 3. The standard InChI is InChI=1S/C15H25N3/c1-6-12-11-9-15(2,3)8-7-13(11)17-14(16-12)10-18(4)5/h6-10H2,1-5H3. The third-order valence-electron chi connectivity index (χ3n) is 3.71. The van der Waals surface area contributed by atoms with Crippen molar-refractivity contribution in [1.82, 2.24) is 14.9 Å². The second kappa shape index (κ2) is 4.96. The molecule has 18 heavy (non-hydrogen) atoms. The summed E-state index contributed by atoms with van der Waals surface area (Å²) in [5, 5.41) is 0. The third-order valence-corrected chi connectivity index (χ3v) is 3.71. The summed E-state index contributed by atoms with van der Waals surface area (Å²) < 4.78 is 0. The molecular weight excluding hydrogens is 222 g/mol. The lowest BCUT2D eigenvalue weighted by atomic mass is 9.75. The molecule has 1 aromatic heterocycles. The number of hydrogen-bond acceptors (Lipinski definition) is 3. The smallest absolute Gasteiger partial charge is 0.142 e. The van der Waals surface area contributed by atoms with Gasteiger partial charge >= 0.3 is 0 Å². The van der Waals surface area contributed by atoms with E-state index < -0.39 is 0 Å². The molecule has 0 spiro atoms. The Kier molecular flexibility index (Phi) is 3.71. The van der Waals surface area contributed by atoms with Crippen LogP contribution in [0.15, 0.2) is 0 Å². The number of fused-ring (bicyclic) bond motifs is 1. The number of hydrogen-bond donors (Lipinski definition) is 0. The van der Waals surface area contributed by atoms with E-state index in [2.05, 4.69) is 39.8 Å².